The standard InChI is InChI=1S/C18H15Br2N3O5/c19-11-5-10(17(25)12(20)6-11)7-22-23-16(24)8-21-18(26)15-9-27-13-3-1-2-4-14(13)28-15/h1-7,15,25H,8-9H2,(H,21,26)(H,23,24)/b22-7+. The van der Waals surface area contributed by atoms with Gasteiger partial charge in [0.1, 0.15) is 12.4 Å². The van der Waals surface area contributed by atoms with E-state index in [1.807, 2.05) is 0 Å². The maximum Gasteiger partial charge on any atom is 0.265 e. The van der Waals surface area contributed by atoms with Gasteiger partial charge in [-0.15, -0.1) is 0 Å². The number of amides is 2. The number of phenols is 1. The van der Waals surface area contributed by atoms with Crippen LogP contribution in [-0.2, 0) is 9.59 Å². The molecule has 0 fully saturated rings. The Balaban J connectivity index is 1.48. The predicted octanol–water partition coefficient (Wildman–Crippen LogP) is 2.32. The molecule has 2 amide bonds. The Bertz CT molecular complexity index is 935. The van der Waals surface area contributed by atoms with Crippen molar-refractivity contribution in [2.75, 3.05) is 13.2 Å². The second-order valence-electron chi connectivity index (χ2n) is 5.70. The Hall–Kier alpha value is -2.59. The number of nitrogens with one attached hydrogen (secondary N) is 2. The van der Waals surface area contributed by atoms with Gasteiger partial charge >= 0.3 is 0 Å². The Kier molecular flexibility index (Phi) is 6.53. The van der Waals surface area contributed by atoms with E-state index in [1.54, 1.807) is 36.4 Å². The number of rotatable bonds is 5. The molecule has 10 heteroatoms. The molecule has 0 spiro atoms. The van der Waals surface area contributed by atoms with Crippen molar-refractivity contribution in [3.05, 3.63) is 50.9 Å². The zero-order valence-corrected chi connectivity index (χ0v) is 17.5. The highest BCUT2D eigenvalue weighted by Gasteiger charge is 2.27. The molecular formula is C18H15Br2N3O5. The fourth-order valence-electron chi connectivity index (χ4n) is 2.33. The van der Waals surface area contributed by atoms with Crippen LogP contribution >= 0.6 is 31.9 Å². The lowest BCUT2D eigenvalue weighted by Crippen LogP contribution is -2.46. The summed E-state index contributed by atoms with van der Waals surface area (Å²) >= 11 is 6.50. The number of hydrogen-bond donors (Lipinski definition) is 3. The molecule has 8 nitrogen and oxygen atoms in total. The topological polar surface area (TPSA) is 109 Å². The largest absolute Gasteiger partial charge is 0.506 e. The lowest BCUT2D eigenvalue weighted by atomic mass is 10.2. The SMILES string of the molecule is O=C(CNC(=O)C1COc2ccccc2O1)N/N=C/c1cc(Br)cc(Br)c1O. The first kappa shape index (κ1) is 20.2. The molecule has 0 aromatic heterocycles. The number of phenolic OH excluding ortho intramolecular Hbond substituents is 1. The molecule has 2 aromatic carbocycles. The van der Waals surface area contributed by atoms with Gasteiger partial charge in [-0.05, 0) is 40.2 Å². The van der Waals surface area contributed by atoms with Crippen molar-refractivity contribution >= 4 is 49.9 Å². The number of fused-ring (bicyclic) bond motifs is 1. The van der Waals surface area contributed by atoms with Gasteiger partial charge in [-0.25, -0.2) is 5.43 Å². The molecule has 1 unspecified atom stereocenters. The molecule has 0 saturated heterocycles. The van der Waals surface area contributed by atoms with E-state index >= 15 is 0 Å². The van der Waals surface area contributed by atoms with Crippen LogP contribution in [0.4, 0.5) is 0 Å². The lowest BCUT2D eigenvalue weighted by Gasteiger charge is -2.25. The van der Waals surface area contributed by atoms with E-state index in [-0.39, 0.29) is 18.9 Å². The highest BCUT2D eigenvalue weighted by atomic mass is 79.9. The molecule has 1 aliphatic heterocycles. The quantitative estimate of drug-likeness (QED) is 0.421. The molecule has 0 radical (unpaired) electrons. The lowest BCUT2D eigenvalue weighted by molar-refractivity contribution is -0.132. The third-order valence-corrected chi connectivity index (χ3v) is 4.74. The maximum absolute atomic E-state index is 12.1. The van der Waals surface area contributed by atoms with Gasteiger partial charge in [0, 0.05) is 10.0 Å². The zero-order chi connectivity index (χ0) is 20.1. The third kappa shape index (κ3) is 5.02. The van der Waals surface area contributed by atoms with Crippen molar-refractivity contribution in [2.45, 2.75) is 6.10 Å². The van der Waals surface area contributed by atoms with Crippen LogP contribution in [0.3, 0.4) is 0 Å². The van der Waals surface area contributed by atoms with E-state index < -0.39 is 17.9 Å². The number of carbonyl (C=O) groups excluding carboxylic acids is 2. The van der Waals surface area contributed by atoms with Crippen molar-refractivity contribution in [3.8, 4) is 17.2 Å². The Morgan fingerprint density at radius 1 is 1.25 bits per heavy atom. The number of nitrogens with zero attached hydrogens (tertiary/aromatic N) is 1. The molecular weight excluding hydrogens is 498 g/mol. The van der Waals surface area contributed by atoms with Crippen molar-refractivity contribution in [1.82, 2.24) is 10.7 Å². The molecule has 146 valence electrons. The average molecular weight is 513 g/mol. The monoisotopic (exact) mass is 511 g/mol. The predicted molar refractivity (Wildman–Crippen MR) is 109 cm³/mol. The van der Waals surface area contributed by atoms with Crippen LogP contribution in [0.2, 0.25) is 0 Å². The number of halogens is 2. The van der Waals surface area contributed by atoms with Crippen LogP contribution in [-0.4, -0.2) is 42.4 Å². The maximum atomic E-state index is 12.1. The summed E-state index contributed by atoms with van der Waals surface area (Å²) in [5.74, 6) is 0.0331. The average Bonchev–Trinajstić information content (AvgIpc) is 2.69. The molecule has 0 bridgehead atoms. The van der Waals surface area contributed by atoms with Crippen LogP contribution in [0.5, 0.6) is 17.2 Å². The van der Waals surface area contributed by atoms with Crippen LogP contribution in [0, 0.1) is 0 Å². The normalized spacial score (nSPS) is 15.3. The minimum absolute atomic E-state index is 0.00997. The van der Waals surface area contributed by atoms with Crippen LogP contribution in [0.1, 0.15) is 5.56 Å². The molecule has 1 aliphatic rings. The van der Waals surface area contributed by atoms with Crippen molar-refractivity contribution in [3.63, 3.8) is 0 Å². The first-order chi connectivity index (χ1) is 13.4. The van der Waals surface area contributed by atoms with Crippen molar-refractivity contribution < 1.29 is 24.2 Å². The first-order valence-corrected chi connectivity index (χ1v) is 9.69. The summed E-state index contributed by atoms with van der Waals surface area (Å²) in [6.45, 7) is -0.231. The van der Waals surface area contributed by atoms with E-state index in [0.29, 0.717) is 21.5 Å². The highest BCUT2D eigenvalue weighted by molar-refractivity contribution is 9.11. The summed E-state index contributed by atoms with van der Waals surface area (Å²) in [7, 11) is 0. The Morgan fingerprint density at radius 3 is 2.79 bits per heavy atom. The van der Waals surface area contributed by atoms with Gasteiger partial charge in [-0.3, -0.25) is 9.59 Å². The Labute approximate surface area is 177 Å². The summed E-state index contributed by atoms with van der Waals surface area (Å²) in [6, 6.07) is 10.3. The summed E-state index contributed by atoms with van der Waals surface area (Å²) in [5.41, 5.74) is 2.67. The van der Waals surface area contributed by atoms with Crippen LogP contribution in [0.25, 0.3) is 0 Å². The van der Waals surface area contributed by atoms with E-state index in [9.17, 15) is 14.7 Å². The molecule has 3 N–H and O–H groups in total. The summed E-state index contributed by atoms with van der Waals surface area (Å²) < 4.78 is 12.2. The van der Waals surface area contributed by atoms with Crippen molar-refractivity contribution in [1.29, 1.82) is 0 Å². The number of carbonyl (C=O) groups is 2. The highest BCUT2D eigenvalue weighted by Crippen LogP contribution is 2.31. The summed E-state index contributed by atoms with van der Waals surface area (Å²) in [5, 5.41) is 16.2. The van der Waals surface area contributed by atoms with Gasteiger partial charge in [-0.1, -0.05) is 28.1 Å². The number of aromatic hydroxyl groups is 1. The summed E-state index contributed by atoms with van der Waals surface area (Å²) in [4.78, 5) is 24.0. The van der Waals surface area contributed by atoms with E-state index in [2.05, 4.69) is 47.7 Å². The van der Waals surface area contributed by atoms with E-state index in [1.165, 1.54) is 6.21 Å². The second kappa shape index (κ2) is 9.07. The van der Waals surface area contributed by atoms with Crippen molar-refractivity contribution in [2.24, 2.45) is 5.10 Å². The van der Waals surface area contributed by atoms with Gasteiger partial charge in [0.15, 0.2) is 11.5 Å². The van der Waals surface area contributed by atoms with E-state index in [0.717, 1.165) is 4.47 Å². The fraction of sp³-hybridized carbons (Fsp3) is 0.167. The first-order valence-electron chi connectivity index (χ1n) is 8.10. The fourth-order valence-corrected chi connectivity index (χ4v) is 3.59. The minimum Gasteiger partial charge on any atom is -0.506 e. The molecule has 0 saturated carbocycles. The van der Waals surface area contributed by atoms with Gasteiger partial charge in [-0.2, -0.15) is 5.10 Å². The number of ether oxygens (including phenoxy) is 2. The van der Waals surface area contributed by atoms with E-state index in [4.69, 9.17) is 9.47 Å². The zero-order valence-electron chi connectivity index (χ0n) is 14.3. The molecule has 1 heterocycles. The number of hydrogen-bond acceptors (Lipinski definition) is 6. The Morgan fingerprint density at radius 2 is 2.00 bits per heavy atom. The molecule has 0 aliphatic carbocycles. The third-order valence-electron chi connectivity index (χ3n) is 3.67. The number of benzene rings is 2. The number of para-hydroxylation sites is 2. The molecule has 2 aromatic rings. The summed E-state index contributed by atoms with van der Waals surface area (Å²) in [6.07, 6.45) is 0.446. The van der Waals surface area contributed by atoms with Gasteiger partial charge in [0.05, 0.1) is 17.2 Å². The second-order valence-corrected chi connectivity index (χ2v) is 7.47. The smallest absolute Gasteiger partial charge is 0.265 e. The molecule has 3 rings (SSSR count). The number of hydrazone groups is 1. The van der Waals surface area contributed by atoms with Gasteiger partial charge < -0.3 is 19.9 Å². The molecule has 28 heavy (non-hydrogen) atoms. The van der Waals surface area contributed by atoms with Crippen LogP contribution in [0.15, 0.2) is 50.4 Å². The minimum atomic E-state index is -0.845. The van der Waals surface area contributed by atoms with Gasteiger partial charge in [0.2, 0.25) is 6.10 Å². The van der Waals surface area contributed by atoms with Crippen LogP contribution < -0.4 is 20.2 Å². The van der Waals surface area contributed by atoms with Gasteiger partial charge in [0.25, 0.3) is 11.8 Å². The molecule has 1 atom stereocenters.